The van der Waals surface area contributed by atoms with Gasteiger partial charge in [-0.05, 0) is 43.9 Å². The minimum atomic E-state index is -0.188. The fraction of sp³-hybridized carbons (Fsp3) is 0.429. The molecule has 2 rings (SSSR count). The van der Waals surface area contributed by atoms with Crippen LogP contribution in [0.4, 0.5) is 0 Å². The molecule has 1 saturated carbocycles. The predicted molar refractivity (Wildman–Crippen MR) is 71.0 cm³/mol. The number of methoxy groups -OCH3 is 1. The molecule has 1 N–H and O–H groups in total. The van der Waals surface area contributed by atoms with Gasteiger partial charge >= 0.3 is 0 Å². The minimum absolute atomic E-state index is 0.188. The van der Waals surface area contributed by atoms with Gasteiger partial charge in [0.25, 0.3) is 5.91 Å². The quantitative estimate of drug-likeness (QED) is 0.834. The zero-order valence-electron chi connectivity index (χ0n) is 10.6. The summed E-state index contributed by atoms with van der Waals surface area (Å²) in [6, 6.07) is 7.06. The summed E-state index contributed by atoms with van der Waals surface area (Å²) in [6.07, 6.45) is 5.61. The van der Waals surface area contributed by atoms with Crippen molar-refractivity contribution in [2.45, 2.75) is 32.1 Å². The van der Waals surface area contributed by atoms with Crippen molar-refractivity contribution >= 4 is 11.6 Å². The standard InChI is InChI=1S/C14H18N2O2/c1-18-13-9-5-6-11(10-13)14(17)16-15-12-7-3-2-4-8-12/h5-6,9-10H,2-4,7-8H2,1H3,(H,16,17). The number of amides is 1. The summed E-state index contributed by atoms with van der Waals surface area (Å²) in [5.74, 6) is 0.486. The Balaban J connectivity index is 1.98. The van der Waals surface area contributed by atoms with E-state index in [1.165, 1.54) is 19.3 Å². The van der Waals surface area contributed by atoms with Gasteiger partial charge < -0.3 is 4.74 Å². The van der Waals surface area contributed by atoms with E-state index in [4.69, 9.17) is 4.74 Å². The molecule has 0 saturated heterocycles. The zero-order valence-corrected chi connectivity index (χ0v) is 10.6. The van der Waals surface area contributed by atoms with Crippen LogP contribution in [0.15, 0.2) is 29.4 Å². The van der Waals surface area contributed by atoms with Crippen molar-refractivity contribution in [1.82, 2.24) is 5.43 Å². The summed E-state index contributed by atoms with van der Waals surface area (Å²) in [6.45, 7) is 0. The van der Waals surface area contributed by atoms with Crippen molar-refractivity contribution in [3.8, 4) is 5.75 Å². The second-order valence-electron chi connectivity index (χ2n) is 4.41. The first-order chi connectivity index (χ1) is 8.79. The van der Waals surface area contributed by atoms with Crippen molar-refractivity contribution in [3.05, 3.63) is 29.8 Å². The number of ether oxygens (including phenoxy) is 1. The SMILES string of the molecule is COc1cccc(C(=O)NN=C2CCCCC2)c1. The maximum absolute atomic E-state index is 11.9. The third-order valence-corrected chi connectivity index (χ3v) is 3.08. The normalized spacial score (nSPS) is 15.1. The Morgan fingerprint density at radius 1 is 1.28 bits per heavy atom. The van der Waals surface area contributed by atoms with E-state index in [2.05, 4.69) is 10.5 Å². The highest BCUT2D eigenvalue weighted by Gasteiger charge is 2.09. The molecule has 0 bridgehead atoms. The monoisotopic (exact) mass is 246 g/mol. The number of carbonyl (C=O) groups is 1. The van der Waals surface area contributed by atoms with Gasteiger partial charge in [-0.15, -0.1) is 0 Å². The molecule has 0 atom stereocenters. The highest BCUT2D eigenvalue weighted by atomic mass is 16.5. The highest BCUT2D eigenvalue weighted by Crippen LogP contribution is 2.15. The Kier molecular flexibility index (Phi) is 4.34. The van der Waals surface area contributed by atoms with E-state index in [1.54, 1.807) is 25.3 Å². The van der Waals surface area contributed by atoms with Crippen LogP contribution < -0.4 is 10.2 Å². The molecule has 0 unspecified atom stereocenters. The van der Waals surface area contributed by atoms with Gasteiger partial charge in [0.05, 0.1) is 7.11 Å². The summed E-state index contributed by atoms with van der Waals surface area (Å²) < 4.78 is 5.08. The van der Waals surface area contributed by atoms with Crippen LogP contribution in [-0.4, -0.2) is 18.7 Å². The molecule has 1 aromatic carbocycles. The topological polar surface area (TPSA) is 50.7 Å². The number of hydrazone groups is 1. The molecular weight excluding hydrogens is 228 g/mol. The number of hydrogen-bond acceptors (Lipinski definition) is 3. The van der Waals surface area contributed by atoms with Crippen molar-refractivity contribution in [2.75, 3.05) is 7.11 Å². The average molecular weight is 246 g/mol. The smallest absolute Gasteiger partial charge is 0.271 e. The fourth-order valence-corrected chi connectivity index (χ4v) is 2.03. The number of benzene rings is 1. The van der Waals surface area contributed by atoms with Crippen LogP contribution in [0.5, 0.6) is 5.75 Å². The largest absolute Gasteiger partial charge is 0.497 e. The van der Waals surface area contributed by atoms with Crippen LogP contribution in [0.1, 0.15) is 42.5 Å². The Morgan fingerprint density at radius 3 is 2.78 bits per heavy atom. The van der Waals surface area contributed by atoms with Gasteiger partial charge in [0.15, 0.2) is 0 Å². The van der Waals surface area contributed by atoms with Crippen LogP contribution in [-0.2, 0) is 0 Å². The number of rotatable bonds is 3. The lowest BCUT2D eigenvalue weighted by molar-refractivity contribution is 0.0954. The first-order valence-corrected chi connectivity index (χ1v) is 6.29. The minimum Gasteiger partial charge on any atom is -0.497 e. The molecule has 1 aromatic rings. The molecule has 0 aliphatic heterocycles. The molecule has 1 fully saturated rings. The highest BCUT2D eigenvalue weighted by molar-refractivity contribution is 5.95. The molecule has 1 amide bonds. The second-order valence-corrected chi connectivity index (χ2v) is 4.41. The van der Waals surface area contributed by atoms with Gasteiger partial charge in [0.2, 0.25) is 0 Å². The van der Waals surface area contributed by atoms with E-state index in [9.17, 15) is 4.79 Å². The van der Waals surface area contributed by atoms with E-state index in [1.807, 2.05) is 6.07 Å². The van der Waals surface area contributed by atoms with E-state index in [-0.39, 0.29) is 5.91 Å². The number of carbonyl (C=O) groups excluding carboxylic acids is 1. The van der Waals surface area contributed by atoms with Gasteiger partial charge in [-0.3, -0.25) is 4.79 Å². The molecule has 0 spiro atoms. The summed E-state index contributed by atoms with van der Waals surface area (Å²) in [4.78, 5) is 11.9. The molecule has 96 valence electrons. The Morgan fingerprint density at radius 2 is 2.06 bits per heavy atom. The molecule has 0 aromatic heterocycles. The van der Waals surface area contributed by atoms with E-state index >= 15 is 0 Å². The van der Waals surface area contributed by atoms with Gasteiger partial charge in [-0.1, -0.05) is 12.5 Å². The first kappa shape index (κ1) is 12.6. The zero-order chi connectivity index (χ0) is 12.8. The van der Waals surface area contributed by atoms with Gasteiger partial charge in [-0.2, -0.15) is 5.10 Å². The maximum Gasteiger partial charge on any atom is 0.271 e. The summed E-state index contributed by atoms with van der Waals surface area (Å²) in [5, 5.41) is 4.19. The van der Waals surface area contributed by atoms with Gasteiger partial charge in [0.1, 0.15) is 5.75 Å². The molecule has 0 radical (unpaired) electrons. The van der Waals surface area contributed by atoms with E-state index in [0.29, 0.717) is 11.3 Å². The van der Waals surface area contributed by atoms with Gasteiger partial charge in [-0.25, -0.2) is 5.43 Å². The van der Waals surface area contributed by atoms with Crippen LogP contribution in [0.25, 0.3) is 0 Å². The Labute approximate surface area is 107 Å². The summed E-state index contributed by atoms with van der Waals surface area (Å²) in [7, 11) is 1.58. The Bertz CT molecular complexity index is 447. The van der Waals surface area contributed by atoms with Crippen molar-refractivity contribution in [1.29, 1.82) is 0 Å². The molecule has 18 heavy (non-hydrogen) atoms. The summed E-state index contributed by atoms with van der Waals surface area (Å²) in [5.41, 5.74) is 4.27. The average Bonchev–Trinajstić information content (AvgIpc) is 2.46. The van der Waals surface area contributed by atoms with Crippen LogP contribution in [0, 0.1) is 0 Å². The van der Waals surface area contributed by atoms with Crippen molar-refractivity contribution in [3.63, 3.8) is 0 Å². The van der Waals surface area contributed by atoms with Gasteiger partial charge in [0, 0.05) is 11.3 Å². The molecule has 0 heterocycles. The maximum atomic E-state index is 11.9. The first-order valence-electron chi connectivity index (χ1n) is 6.29. The molecule has 1 aliphatic rings. The predicted octanol–water partition coefficient (Wildman–Crippen LogP) is 2.75. The van der Waals surface area contributed by atoms with Crippen molar-refractivity contribution in [2.24, 2.45) is 5.10 Å². The lowest BCUT2D eigenvalue weighted by atomic mass is 9.99. The number of hydrogen-bond donors (Lipinski definition) is 1. The van der Waals surface area contributed by atoms with Crippen LogP contribution in [0.2, 0.25) is 0 Å². The van der Waals surface area contributed by atoms with E-state index in [0.717, 1.165) is 18.6 Å². The molecule has 4 nitrogen and oxygen atoms in total. The van der Waals surface area contributed by atoms with Crippen LogP contribution >= 0.6 is 0 Å². The lowest BCUT2D eigenvalue weighted by Crippen LogP contribution is -2.20. The fourth-order valence-electron chi connectivity index (χ4n) is 2.03. The molecule has 4 heteroatoms. The second kappa shape index (κ2) is 6.19. The molecule has 1 aliphatic carbocycles. The summed E-state index contributed by atoms with van der Waals surface area (Å²) >= 11 is 0. The molecular formula is C14H18N2O2. The Hall–Kier alpha value is -1.84. The third-order valence-electron chi connectivity index (χ3n) is 3.08. The number of nitrogens with one attached hydrogen (secondary N) is 1. The van der Waals surface area contributed by atoms with Crippen molar-refractivity contribution < 1.29 is 9.53 Å². The number of nitrogens with zero attached hydrogens (tertiary/aromatic N) is 1. The van der Waals surface area contributed by atoms with Crippen LogP contribution in [0.3, 0.4) is 0 Å². The third kappa shape index (κ3) is 3.32. The lowest BCUT2D eigenvalue weighted by Gasteiger charge is -2.12. The van der Waals surface area contributed by atoms with E-state index < -0.39 is 0 Å².